The maximum absolute atomic E-state index is 2.63. The molecule has 2 heterocycles. The highest BCUT2D eigenvalue weighted by atomic mass is 15.2. The summed E-state index contributed by atoms with van der Waals surface area (Å²) in [5.74, 6) is 0. The van der Waals surface area contributed by atoms with Gasteiger partial charge in [-0.3, -0.25) is 0 Å². The lowest BCUT2D eigenvalue weighted by Gasteiger charge is -2.45. The van der Waals surface area contributed by atoms with Crippen LogP contribution in [0.4, 0.5) is 34.1 Å². The summed E-state index contributed by atoms with van der Waals surface area (Å²) in [6.45, 7) is 35.3. The Morgan fingerprint density at radius 2 is 0.536 bits per heavy atom. The van der Waals surface area contributed by atoms with Gasteiger partial charge >= 0.3 is 0 Å². The highest BCUT2D eigenvalue weighted by Gasteiger charge is 2.45. The van der Waals surface area contributed by atoms with Crippen LogP contribution in [0.5, 0.6) is 0 Å². The van der Waals surface area contributed by atoms with Gasteiger partial charge in [-0.25, -0.2) is 0 Å². The smallest absolute Gasteiger partial charge is 0.252 e. The molecule has 0 unspecified atom stereocenters. The van der Waals surface area contributed by atoms with Gasteiger partial charge in [0.2, 0.25) is 0 Å². The molecule has 474 valence electrons. The summed E-state index contributed by atoms with van der Waals surface area (Å²) in [5, 5.41) is 15.8. The van der Waals surface area contributed by atoms with E-state index in [4.69, 9.17) is 0 Å². The molecule has 15 aromatic carbocycles. The number of benzene rings is 15. The normalized spacial score (nSPS) is 13.7. The lowest BCUT2D eigenvalue weighted by molar-refractivity contribution is 0.590. The number of anilines is 6. The fraction of sp³-hybridized carbons (Fsp3) is 0.213. The minimum Gasteiger partial charge on any atom is -0.311 e. The van der Waals surface area contributed by atoms with E-state index in [1.807, 2.05) is 0 Å². The SMILES string of the molecule is CC(C)(C)c1cc2c3c(c1)N(c1ccc(-c4ccccc4)cc1)c1cc(-c4cc5cc(C(C)(C)C)cc6ccc7cc(C(C)(C)C)cc4c7c65)ccc1B3c1ccc(-c3cc4cc(C(C)(C)C)cc5ccc6cc(C(C)(C)C)cc3c6c54)cc1N2c1ccc(-c2ccccc2)cc1. The van der Waals surface area contributed by atoms with Crippen molar-refractivity contribution in [2.45, 2.75) is 131 Å². The zero-order chi connectivity index (χ0) is 67.1. The largest absolute Gasteiger partial charge is 0.311 e. The molecule has 0 saturated carbocycles. The van der Waals surface area contributed by atoms with Gasteiger partial charge in [-0.1, -0.05) is 274 Å². The van der Waals surface area contributed by atoms with Crippen molar-refractivity contribution in [1.29, 1.82) is 0 Å². The molecule has 0 spiro atoms. The fourth-order valence-corrected chi connectivity index (χ4v) is 16.2. The van der Waals surface area contributed by atoms with Crippen molar-refractivity contribution in [1.82, 2.24) is 0 Å². The molecule has 0 atom stereocenters. The molecule has 0 fully saturated rings. The predicted molar refractivity (Wildman–Crippen MR) is 423 cm³/mol. The maximum Gasteiger partial charge on any atom is 0.252 e. The van der Waals surface area contributed by atoms with E-state index in [1.165, 1.54) is 176 Å². The van der Waals surface area contributed by atoms with Crippen LogP contribution in [0, 0.1) is 0 Å². The van der Waals surface area contributed by atoms with Crippen LogP contribution in [-0.4, -0.2) is 6.71 Å². The number of rotatable bonds is 6. The summed E-state index contributed by atoms with van der Waals surface area (Å²) >= 11 is 0. The zero-order valence-electron chi connectivity index (χ0n) is 59.1. The lowest BCUT2D eigenvalue weighted by Crippen LogP contribution is -2.61. The second kappa shape index (κ2) is 21.3. The first-order valence-electron chi connectivity index (χ1n) is 35.1. The summed E-state index contributed by atoms with van der Waals surface area (Å²) in [6, 6.07) is 95.0. The Balaban J connectivity index is 0.967. The standard InChI is InChI=1S/C94H85BN2/c1-90(2,3)68-42-62-26-28-64-44-70(92(7,8)9)52-77-75(48-66(46-68)85(62)87(64)77)60-34-40-79-81(50-60)96(73-36-30-58(31-37-73)56-22-18-16-19-23-56)83-54-72(94(13,14)15)55-84-89(83)95(79)80-41-35-61(51-82(80)97(84)74-38-32-59(33-39-74)57-24-20-17-21-25-57)76-49-67-47-69(91(4,5)6)43-63-27-29-65-45-71(93(10,11)12)53-78(76)88(65)86(63)67/h16-55H,1-15H3. The van der Waals surface area contributed by atoms with Crippen molar-refractivity contribution in [3.8, 4) is 44.5 Å². The Morgan fingerprint density at radius 1 is 0.237 bits per heavy atom. The molecule has 97 heavy (non-hydrogen) atoms. The second-order valence-electron chi connectivity index (χ2n) is 33.5. The molecule has 0 amide bonds. The molecule has 3 heteroatoms. The van der Waals surface area contributed by atoms with Crippen LogP contribution in [0.3, 0.4) is 0 Å². The molecule has 0 aromatic heterocycles. The zero-order valence-corrected chi connectivity index (χ0v) is 59.1. The monoisotopic (exact) mass is 1250 g/mol. The van der Waals surface area contributed by atoms with Gasteiger partial charge in [-0.15, -0.1) is 0 Å². The second-order valence-corrected chi connectivity index (χ2v) is 33.5. The van der Waals surface area contributed by atoms with Crippen LogP contribution in [0.2, 0.25) is 0 Å². The van der Waals surface area contributed by atoms with Crippen molar-refractivity contribution < 1.29 is 0 Å². The molecule has 0 saturated heterocycles. The molecule has 0 radical (unpaired) electrons. The third kappa shape index (κ3) is 9.88. The van der Waals surface area contributed by atoms with E-state index in [1.54, 1.807) is 0 Å². The summed E-state index contributed by atoms with van der Waals surface area (Å²) in [5.41, 5.74) is 26.9. The molecule has 0 bridgehead atoms. The van der Waals surface area contributed by atoms with Crippen molar-refractivity contribution >= 4 is 122 Å². The molecule has 0 N–H and O–H groups in total. The molecular formula is C94H85BN2. The van der Waals surface area contributed by atoms with E-state index in [-0.39, 0.29) is 33.8 Å². The van der Waals surface area contributed by atoms with E-state index in [2.05, 4.69) is 356 Å². The molecule has 2 nitrogen and oxygen atoms in total. The van der Waals surface area contributed by atoms with E-state index in [9.17, 15) is 0 Å². The molecular weight excluding hydrogens is 1170 g/mol. The molecule has 2 aliphatic rings. The minimum absolute atomic E-state index is 0.0316. The average molecular weight is 1250 g/mol. The Morgan fingerprint density at radius 3 is 0.887 bits per heavy atom. The number of fused-ring (bicyclic) bond motifs is 4. The Hall–Kier alpha value is -9.96. The van der Waals surface area contributed by atoms with Crippen molar-refractivity contribution in [2.24, 2.45) is 0 Å². The first-order chi connectivity index (χ1) is 46.2. The summed E-state index contributed by atoms with van der Waals surface area (Å²) in [6.07, 6.45) is 0. The molecule has 17 rings (SSSR count). The number of hydrogen-bond acceptors (Lipinski definition) is 2. The number of hydrogen-bond donors (Lipinski definition) is 0. The van der Waals surface area contributed by atoms with Crippen molar-refractivity contribution in [3.63, 3.8) is 0 Å². The maximum atomic E-state index is 2.63. The van der Waals surface area contributed by atoms with E-state index in [0.717, 1.165) is 11.4 Å². The molecule has 15 aromatic rings. The predicted octanol–water partition coefficient (Wildman–Crippen LogP) is 24.7. The highest BCUT2D eigenvalue weighted by Crippen LogP contribution is 2.52. The lowest BCUT2D eigenvalue weighted by atomic mass is 9.33. The van der Waals surface area contributed by atoms with Crippen LogP contribution < -0.4 is 26.2 Å². The third-order valence-corrected chi connectivity index (χ3v) is 21.8. The first kappa shape index (κ1) is 60.7. The summed E-state index contributed by atoms with van der Waals surface area (Å²) in [7, 11) is 0. The van der Waals surface area contributed by atoms with Gasteiger partial charge in [-0.05, 0) is 253 Å². The fourth-order valence-electron chi connectivity index (χ4n) is 16.2. The van der Waals surface area contributed by atoms with Gasteiger partial charge in [0.05, 0.1) is 0 Å². The third-order valence-electron chi connectivity index (χ3n) is 21.8. The van der Waals surface area contributed by atoms with Gasteiger partial charge < -0.3 is 9.80 Å². The summed E-state index contributed by atoms with van der Waals surface area (Å²) in [4.78, 5) is 5.27. The quantitative estimate of drug-likeness (QED) is 0.121. The van der Waals surface area contributed by atoms with Crippen LogP contribution in [0.1, 0.15) is 132 Å². The first-order valence-corrected chi connectivity index (χ1v) is 35.1. The van der Waals surface area contributed by atoms with Crippen LogP contribution in [0.15, 0.2) is 243 Å². The van der Waals surface area contributed by atoms with E-state index < -0.39 is 0 Å². The van der Waals surface area contributed by atoms with Gasteiger partial charge in [0.1, 0.15) is 0 Å². The van der Waals surface area contributed by atoms with Crippen molar-refractivity contribution in [3.05, 3.63) is 270 Å². The average Bonchev–Trinajstić information content (AvgIpc) is 0.697. The minimum atomic E-state index is -0.218. The van der Waals surface area contributed by atoms with Gasteiger partial charge in [0.25, 0.3) is 6.71 Å². The molecule has 0 aliphatic carbocycles. The van der Waals surface area contributed by atoms with Gasteiger partial charge in [-0.2, -0.15) is 0 Å². The van der Waals surface area contributed by atoms with E-state index in [0.29, 0.717) is 0 Å². The topological polar surface area (TPSA) is 6.48 Å². The van der Waals surface area contributed by atoms with Crippen LogP contribution in [0.25, 0.3) is 109 Å². The Kier molecular flexibility index (Phi) is 13.3. The Labute approximate surface area is 574 Å². The van der Waals surface area contributed by atoms with E-state index >= 15 is 0 Å². The molecule has 2 aliphatic heterocycles. The van der Waals surface area contributed by atoms with Crippen molar-refractivity contribution in [2.75, 3.05) is 9.80 Å². The highest BCUT2D eigenvalue weighted by molar-refractivity contribution is 7.00. The van der Waals surface area contributed by atoms with Gasteiger partial charge in [0, 0.05) is 34.1 Å². The Bertz CT molecular complexity index is 5340. The number of nitrogens with zero attached hydrogens (tertiary/aromatic N) is 2. The van der Waals surface area contributed by atoms with Crippen LogP contribution in [-0.2, 0) is 27.1 Å². The van der Waals surface area contributed by atoms with Gasteiger partial charge in [0.15, 0.2) is 0 Å². The summed E-state index contributed by atoms with van der Waals surface area (Å²) < 4.78 is 0. The van der Waals surface area contributed by atoms with Crippen LogP contribution >= 0.6 is 0 Å².